The van der Waals surface area contributed by atoms with Crippen molar-refractivity contribution in [3.05, 3.63) is 29.3 Å². The SMILES string of the molecule is [CH3][Sn]([CH3])([CH3])[c]1ccccc1Cl. The standard InChI is InChI=1S/C6H4Cl.3CH3.Sn/c7-6-4-2-1-3-5-6;;;;/h1-4H;3*1H3;. The monoisotopic (exact) mass is 276 g/mol. The van der Waals surface area contributed by atoms with E-state index in [9.17, 15) is 0 Å². The summed E-state index contributed by atoms with van der Waals surface area (Å²) in [6.45, 7) is 0. The predicted molar refractivity (Wildman–Crippen MR) is 54.4 cm³/mol. The predicted octanol–water partition coefficient (Wildman–Crippen LogP) is 2.89. The van der Waals surface area contributed by atoms with E-state index in [0.717, 1.165) is 5.02 Å². The fourth-order valence-corrected chi connectivity index (χ4v) is 7.09. The Morgan fingerprint density at radius 2 is 1.64 bits per heavy atom. The normalized spacial score (nSPS) is 11.6. The molecule has 0 saturated carbocycles. The Hall–Kier alpha value is 0.309. The first kappa shape index (κ1) is 9.40. The molecule has 0 aliphatic heterocycles. The molecule has 0 aliphatic rings. The molecule has 0 aromatic heterocycles. The summed E-state index contributed by atoms with van der Waals surface area (Å²) < 4.78 is 1.42. The second kappa shape index (κ2) is 3.36. The van der Waals surface area contributed by atoms with E-state index in [1.807, 2.05) is 12.1 Å². The van der Waals surface area contributed by atoms with E-state index in [-0.39, 0.29) is 0 Å². The third kappa shape index (κ3) is 2.38. The van der Waals surface area contributed by atoms with Gasteiger partial charge in [-0.3, -0.25) is 0 Å². The Labute approximate surface area is 77.4 Å². The second-order valence-electron chi connectivity index (χ2n) is 3.73. The Kier molecular flexibility index (Phi) is 2.87. The molecule has 0 aliphatic carbocycles. The van der Waals surface area contributed by atoms with E-state index in [1.54, 1.807) is 0 Å². The zero-order valence-electron chi connectivity index (χ0n) is 7.19. The topological polar surface area (TPSA) is 0 Å². The number of benzene rings is 1. The van der Waals surface area contributed by atoms with Crippen LogP contribution in [0.15, 0.2) is 24.3 Å². The van der Waals surface area contributed by atoms with Crippen molar-refractivity contribution < 1.29 is 0 Å². The summed E-state index contributed by atoms with van der Waals surface area (Å²) in [6, 6.07) is 8.21. The molecule has 2 heteroatoms. The van der Waals surface area contributed by atoms with Crippen LogP contribution in [0.4, 0.5) is 0 Å². The Morgan fingerprint density at radius 3 is 2.00 bits per heavy atom. The van der Waals surface area contributed by atoms with Gasteiger partial charge in [-0.15, -0.1) is 0 Å². The van der Waals surface area contributed by atoms with E-state index in [1.165, 1.54) is 3.58 Å². The van der Waals surface area contributed by atoms with Gasteiger partial charge in [0.2, 0.25) is 0 Å². The molecule has 1 rings (SSSR count). The third-order valence-electron chi connectivity index (χ3n) is 1.68. The molecule has 60 valence electrons. The van der Waals surface area contributed by atoms with Gasteiger partial charge in [-0.25, -0.2) is 0 Å². The molecular formula is C9H13ClSn. The van der Waals surface area contributed by atoms with Gasteiger partial charge in [0.15, 0.2) is 0 Å². The van der Waals surface area contributed by atoms with Crippen LogP contribution in [0, 0.1) is 0 Å². The zero-order valence-corrected chi connectivity index (χ0v) is 10.8. The van der Waals surface area contributed by atoms with Gasteiger partial charge in [-0.2, -0.15) is 0 Å². The number of hydrogen-bond acceptors (Lipinski definition) is 0. The molecule has 1 aromatic carbocycles. The minimum atomic E-state index is -1.91. The van der Waals surface area contributed by atoms with E-state index in [0.29, 0.717) is 0 Å². The van der Waals surface area contributed by atoms with Crippen LogP contribution in [0.3, 0.4) is 0 Å². The first-order valence-electron chi connectivity index (χ1n) is 3.77. The fraction of sp³-hybridized carbons (Fsp3) is 0.333. The quantitative estimate of drug-likeness (QED) is 0.691. The van der Waals surface area contributed by atoms with Crippen molar-refractivity contribution in [3.8, 4) is 0 Å². The second-order valence-corrected chi connectivity index (χ2v) is 18.5. The summed E-state index contributed by atoms with van der Waals surface area (Å²) in [7, 11) is 0. The van der Waals surface area contributed by atoms with Gasteiger partial charge in [0.25, 0.3) is 0 Å². The van der Waals surface area contributed by atoms with Crippen molar-refractivity contribution in [3.63, 3.8) is 0 Å². The first-order valence-corrected chi connectivity index (χ1v) is 14.1. The average Bonchev–Trinajstić information content (AvgIpc) is 1.86. The van der Waals surface area contributed by atoms with Crippen LogP contribution >= 0.6 is 11.6 Å². The van der Waals surface area contributed by atoms with Crippen molar-refractivity contribution in [1.82, 2.24) is 0 Å². The molecule has 0 unspecified atom stereocenters. The summed E-state index contributed by atoms with van der Waals surface area (Å²) >= 11 is 4.15. The summed E-state index contributed by atoms with van der Waals surface area (Å²) in [4.78, 5) is 7.11. The maximum absolute atomic E-state index is 6.06. The van der Waals surface area contributed by atoms with E-state index < -0.39 is 18.4 Å². The Balaban J connectivity index is 3.14. The molecule has 0 amide bonds. The van der Waals surface area contributed by atoms with Crippen LogP contribution in [-0.4, -0.2) is 18.4 Å². The summed E-state index contributed by atoms with van der Waals surface area (Å²) in [5.41, 5.74) is 0. The minimum absolute atomic E-state index is 0.954. The van der Waals surface area contributed by atoms with Crippen molar-refractivity contribution in [2.75, 3.05) is 0 Å². The molecule has 0 N–H and O–H groups in total. The van der Waals surface area contributed by atoms with Crippen molar-refractivity contribution in [1.29, 1.82) is 0 Å². The number of hydrogen-bond donors (Lipinski definition) is 0. The van der Waals surface area contributed by atoms with Gasteiger partial charge >= 0.3 is 77.7 Å². The molecule has 0 spiro atoms. The molecule has 1 aromatic rings. The zero-order chi connectivity index (χ0) is 8.48. The molecule has 11 heavy (non-hydrogen) atoms. The van der Waals surface area contributed by atoms with Crippen LogP contribution in [0.2, 0.25) is 19.8 Å². The van der Waals surface area contributed by atoms with Gasteiger partial charge in [-0.1, -0.05) is 0 Å². The summed E-state index contributed by atoms with van der Waals surface area (Å²) in [5, 5.41) is 0.954. The van der Waals surface area contributed by atoms with E-state index in [2.05, 4.69) is 27.0 Å². The summed E-state index contributed by atoms with van der Waals surface area (Å²) in [6.07, 6.45) is 0. The van der Waals surface area contributed by atoms with Crippen LogP contribution in [0.25, 0.3) is 0 Å². The average molecular weight is 275 g/mol. The summed E-state index contributed by atoms with van der Waals surface area (Å²) in [5.74, 6) is 0. The van der Waals surface area contributed by atoms with Gasteiger partial charge in [0, 0.05) is 0 Å². The van der Waals surface area contributed by atoms with Crippen LogP contribution < -0.4 is 3.58 Å². The van der Waals surface area contributed by atoms with E-state index >= 15 is 0 Å². The molecule has 0 nitrogen and oxygen atoms in total. The molecule has 0 bridgehead atoms. The molecule has 0 heterocycles. The Bertz CT molecular complexity index is 250. The van der Waals surface area contributed by atoms with Crippen LogP contribution in [0.1, 0.15) is 0 Å². The molecule has 0 radical (unpaired) electrons. The van der Waals surface area contributed by atoms with E-state index in [4.69, 9.17) is 11.6 Å². The van der Waals surface area contributed by atoms with Crippen LogP contribution in [-0.2, 0) is 0 Å². The van der Waals surface area contributed by atoms with Crippen LogP contribution in [0.5, 0.6) is 0 Å². The molecule has 0 atom stereocenters. The molecular weight excluding hydrogens is 262 g/mol. The third-order valence-corrected chi connectivity index (χ3v) is 8.32. The first-order chi connectivity index (χ1) is 5.02. The Morgan fingerprint density at radius 1 is 1.09 bits per heavy atom. The van der Waals surface area contributed by atoms with Gasteiger partial charge in [0.1, 0.15) is 0 Å². The van der Waals surface area contributed by atoms with Crippen molar-refractivity contribution >= 4 is 33.6 Å². The number of rotatable bonds is 1. The van der Waals surface area contributed by atoms with Gasteiger partial charge in [-0.05, 0) is 0 Å². The van der Waals surface area contributed by atoms with Gasteiger partial charge < -0.3 is 0 Å². The maximum atomic E-state index is 6.06. The number of halogens is 1. The van der Waals surface area contributed by atoms with Crippen molar-refractivity contribution in [2.24, 2.45) is 0 Å². The molecule has 0 fully saturated rings. The molecule has 0 saturated heterocycles. The van der Waals surface area contributed by atoms with Crippen molar-refractivity contribution in [2.45, 2.75) is 14.8 Å². The van der Waals surface area contributed by atoms with Gasteiger partial charge in [0.05, 0.1) is 0 Å². The fourth-order valence-electron chi connectivity index (χ4n) is 1.07.